The summed E-state index contributed by atoms with van der Waals surface area (Å²) in [6, 6.07) is 7.70. The first kappa shape index (κ1) is 13.0. The van der Waals surface area contributed by atoms with E-state index in [1.165, 1.54) is 35.6 Å². The average Bonchev–Trinajstić information content (AvgIpc) is 2.88. The second-order valence-corrected chi connectivity index (χ2v) is 4.63. The Balaban J connectivity index is 2.52. The topological polar surface area (TPSA) is 80.4 Å². The summed E-state index contributed by atoms with van der Waals surface area (Å²) in [6.07, 6.45) is 3.13. The third-order valence-corrected chi connectivity index (χ3v) is 3.31. The van der Waals surface area contributed by atoms with E-state index in [2.05, 4.69) is 0 Å². The first-order valence-corrected chi connectivity index (χ1v) is 6.20. The summed E-state index contributed by atoms with van der Waals surface area (Å²) < 4.78 is 0. The van der Waals surface area contributed by atoms with E-state index in [0.717, 1.165) is 4.88 Å². The number of hydrogen-bond acceptors (Lipinski definition) is 4. The number of nitrogens with zero attached hydrogens (tertiary/aromatic N) is 1. The highest BCUT2D eigenvalue weighted by Crippen LogP contribution is 2.25. The molecule has 0 atom stereocenters. The third-order valence-electron chi connectivity index (χ3n) is 2.47. The molecule has 1 N–H and O–H groups in total. The predicted octanol–water partition coefficient (Wildman–Crippen LogP) is 3.52. The van der Waals surface area contributed by atoms with Crippen LogP contribution >= 0.6 is 11.3 Å². The molecule has 0 amide bonds. The molecule has 5 nitrogen and oxygen atoms in total. The van der Waals surface area contributed by atoms with E-state index in [0.29, 0.717) is 0 Å². The molecule has 1 heterocycles. The van der Waals surface area contributed by atoms with Gasteiger partial charge in [-0.15, -0.1) is 11.3 Å². The van der Waals surface area contributed by atoms with Crippen LogP contribution in [-0.2, 0) is 0 Å². The number of nitro groups is 1. The molecular weight excluding hydrogens is 266 g/mol. The minimum atomic E-state index is -1.19. The van der Waals surface area contributed by atoms with Gasteiger partial charge in [-0.25, -0.2) is 4.79 Å². The van der Waals surface area contributed by atoms with Gasteiger partial charge in [0.15, 0.2) is 0 Å². The minimum absolute atomic E-state index is 0.0815. The van der Waals surface area contributed by atoms with Crippen LogP contribution in [0.25, 0.3) is 12.2 Å². The average molecular weight is 275 g/mol. The van der Waals surface area contributed by atoms with Crippen LogP contribution in [0.5, 0.6) is 0 Å². The molecular formula is C13H9NO4S. The number of aromatic carboxylic acids is 1. The molecule has 0 spiro atoms. The van der Waals surface area contributed by atoms with E-state index < -0.39 is 10.9 Å². The molecule has 0 unspecified atom stereocenters. The van der Waals surface area contributed by atoms with Gasteiger partial charge < -0.3 is 5.11 Å². The van der Waals surface area contributed by atoms with Crippen molar-refractivity contribution in [2.24, 2.45) is 0 Å². The van der Waals surface area contributed by atoms with Crippen molar-refractivity contribution in [3.05, 3.63) is 61.8 Å². The zero-order valence-electron chi connectivity index (χ0n) is 9.65. The number of carboxylic acid groups (broad SMARTS) is 1. The van der Waals surface area contributed by atoms with Gasteiger partial charge in [0.05, 0.1) is 16.1 Å². The molecule has 0 saturated heterocycles. The smallest absolute Gasteiger partial charge is 0.336 e. The Bertz CT molecular complexity index is 614. The Morgan fingerprint density at radius 3 is 2.63 bits per heavy atom. The second kappa shape index (κ2) is 5.45. The molecule has 0 fully saturated rings. The Morgan fingerprint density at radius 1 is 1.26 bits per heavy atom. The van der Waals surface area contributed by atoms with Crippen LogP contribution in [0, 0.1) is 10.1 Å². The lowest BCUT2D eigenvalue weighted by Crippen LogP contribution is -2.02. The quantitative estimate of drug-likeness (QED) is 0.683. The zero-order chi connectivity index (χ0) is 13.8. The van der Waals surface area contributed by atoms with Crippen LogP contribution in [-0.4, -0.2) is 16.0 Å². The molecule has 0 aliphatic heterocycles. The third kappa shape index (κ3) is 2.86. The van der Waals surface area contributed by atoms with Gasteiger partial charge in [0.1, 0.15) is 0 Å². The van der Waals surface area contributed by atoms with Crippen LogP contribution in [0.15, 0.2) is 35.7 Å². The van der Waals surface area contributed by atoms with Crippen LogP contribution in [0.3, 0.4) is 0 Å². The second-order valence-electron chi connectivity index (χ2n) is 3.65. The molecule has 0 bridgehead atoms. The standard InChI is InChI=1S/C13H9NO4S/c15-13(16)11-4-1-5-12(14(17)18)10(11)7-6-9-3-2-8-19-9/h1-8H,(H,15,16)/b7-6+. The number of hydrogen-bond donors (Lipinski definition) is 1. The van der Waals surface area contributed by atoms with Crippen LogP contribution < -0.4 is 0 Å². The van der Waals surface area contributed by atoms with E-state index in [-0.39, 0.29) is 16.8 Å². The maximum absolute atomic E-state index is 11.1. The lowest BCUT2D eigenvalue weighted by atomic mass is 10.0. The summed E-state index contributed by atoms with van der Waals surface area (Å²) in [4.78, 5) is 22.4. The molecule has 0 aliphatic rings. The van der Waals surface area contributed by atoms with Gasteiger partial charge in [0, 0.05) is 10.9 Å². The summed E-state index contributed by atoms with van der Waals surface area (Å²) in [5.74, 6) is -1.19. The molecule has 6 heteroatoms. The Morgan fingerprint density at radius 2 is 2.05 bits per heavy atom. The maximum Gasteiger partial charge on any atom is 0.336 e. The maximum atomic E-state index is 11.1. The van der Waals surface area contributed by atoms with Gasteiger partial charge in [0.25, 0.3) is 5.69 Å². The Labute approximate surface area is 112 Å². The van der Waals surface area contributed by atoms with Crippen molar-refractivity contribution in [3.8, 4) is 0 Å². The first-order chi connectivity index (χ1) is 9.09. The van der Waals surface area contributed by atoms with E-state index in [9.17, 15) is 14.9 Å². The van der Waals surface area contributed by atoms with Gasteiger partial charge in [-0.2, -0.15) is 0 Å². The van der Waals surface area contributed by atoms with Crippen LogP contribution in [0.2, 0.25) is 0 Å². The van der Waals surface area contributed by atoms with Gasteiger partial charge in [0.2, 0.25) is 0 Å². The van der Waals surface area contributed by atoms with Gasteiger partial charge in [-0.05, 0) is 29.7 Å². The zero-order valence-corrected chi connectivity index (χ0v) is 10.5. The molecule has 96 valence electrons. The molecule has 2 rings (SSSR count). The molecule has 1 aromatic carbocycles. The van der Waals surface area contributed by atoms with E-state index >= 15 is 0 Å². The monoisotopic (exact) mass is 275 g/mol. The molecule has 0 radical (unpaired) electrons. The van der Waals surface area contributed by atoms with Crippen molar-refractivity contribution in [1.29, 1.82) is 0 Å². The summed E-state index contributed by atoms with van der Waals surface area (Å²) in [7, 11) is 0. The molecule has 2 aromatic rings. The van der Waals surface area contributed by atoms with E-state index in [4.69, 9.17) is 5.11 Å². The number of nitro benzene ring substituents is 1. The van der Waals surface area contributed by atoms with Crippen LogP contribution in [0.4, 0.5) is 5.69 Å². The first-order valence-electron chi connectivity index (χ1n) is 5.32. The number of carbonyl (C=O) groups is 1. The van der Waals surface area contributed by atoms with Gasteiger partial charge >= 0.3 is 5.97 Å². The fourth-order valence-corrected chi connectivity index (χ4v) is 2.24. The van der Waals surface area contributed by atoms with Crippen molar-refractivity contribution in [1.82, 2.24) is 0 Å². The summed E-state index contributed by atoms with van der Waals surface area (Å²) >= 11 is 1.47. The molecule has 0 aliphatic carbocycles. The fourth-order valence-electron chi connectivity index (χ4n) is 1.63. The largest absolute Gasteiger partial charge is 0.478 e. The lowest BCUT2D eigenvalue weighted by molar-refractivity contribution is -0.385. The van der Waals surface area contributed by atoms with Gasteiger partial charge in [-0.3, -0.25) is 10.1 Å². The summed E-state index contributed by atoms with van der Waals surface area (Å²) in [5, 5.41) is 21.9. The molecule has 1 aromatic heterocycles. The van der Waals surface area contributed by atoms with Crippen molar-refractivity contribution in [2.45, 2.75) is 0 Å². The van der Waals surface area contributed by atoms with E-state index in [1.807, 2.05) is 17.5 Å². The number of benzene rings is 1. The highest BCUT2D eigenvalue weighted by molar-refractivity contribution is 7.10. The highest BCUT2D eigenvalue weighted by atomic mass is 32.1. The van der Waals surface area contributed by atoms with Crippen molar-refractivity contribution < 1.29 is 14.8 Å². The van der Waals surface area contributed by atoms with Crippen molar-refractivity contribution >= 4 is 35.1 Å². The molecule has 19 heavy (non-hydrogen) atoms. The normalized spacial score (nSPS) is 10.7. The number of rotatable bonds is 4. The molecule has 0 saturated carbocycles. The number of carboxylic acids is 1. The van der Waals surface area contributed by atoms with Gasteiger partial charge in [-0.1, -0.05) is 12.1 Å². The van der Waals surface area contributed by atoms with Crippen LogP contribution in [0.1, 0.15) is 20.8 Å². The number of thiophene rings is 1. The SMILES string of the molecule is O=C(O)c1cccc([N+](=O)[O-])c1/C=C/c1cccs1. The Hall–Kier alpha value is -2.47. The minimum Gasteiger partial charge on any atom is -0.478 e. The predicted molar refractivity (Wildman–Crippen MR) is 73.3 cm³/mol. The van der Waals surface area contributed by atoms with Crippen molar-refractivity contribution in [2.75, 3.05) is 0 Å². The van der Waals surface area contributed by atoms with Crippen molar-refractivity contribution in [3.63, 3.8) is 0 Å². The summed E-state index contributed by atoms with van der Waals surface area (Å²) in [6.45, 7) is 0. The Kier molecular flexibility index (Phi) is 3.72. The summed E-state index contributed by atoms with van der Waals surface area (Å²) in [5.41, 5.74) is -0.192. The lowest BCUT2D eigenvalue weighted by Gasteiger charge is -2.02. The van der Waals surface area contributed by atoms with E-state index in [1.54, 1.807) is 6.08 Å². The highest BCUT2D eigenvalue weighted by Gasteiger charge is 2.18. The fraction of sp³-hybridized carbons (Fsp3) is 0.